The number of allylic oxidation sites excluding steroid dienone is 1. The summed E-state index contributed by atoms with van der Waals surface area (Å²) in [5.41, 5.74) is 0. The molecule has 0 radical (unpaired) electrons. The van der Waals surface area contributed by atoms with Crippen LogP contribution in [0.1, 0.15) is 20.3 Å². The van der Waals surface area contributed by atoms with Crippen molar-refractivity contribution in [2.75, 3.05) is 0 Å². The van der Waals surface area contributed by atoms with Crippen molar-refractivity contribution in [2.24, 2.45) is 5.92 Å². The monoisotopic (exact) mass is 114 g/mol. The summed E-state index contributed by atoms with van der Waals surface area (Å²) in [7, 11) is 0. The quantitative estimate of drug-likeness (QED) is 0.552. The lowest BCUT2D eigenvalue weighted by Gasteiger charge is -2.10. The van der Waals surface area contributed by atoms with E-state index >= 15 is 0 Å². The number of hydrogen-bond acceptors (Lipinski definition) is 1. The van der Waals surface area contributed by atoms with Gasteiger partial charge in [-0.3, -0.25) is 0 Å². The van der Waals surface area contributed by atoms with Gasteiger partial charge in [-0.05, 0) is 19.3 Å². The molecule has 0 rings (SSSR count). The molecule has 0 spiro atoms. The Morgan fingerprint density at radius 3 is 2.25 bits per heavy atom. The van der Waals surface area contributed by atoms with Gasteiger partial charge in [-0.15, -0.1) is 6.58 Å². The molecule has 0 unspecified atom stereocenters. The molecular weight excluding hydrogens is 100 g/mol. The molecule has 0 aliphatic carbocycles. The first kappa shape index (κ1) is 7.70. The molecule has 0 bridgehead atoms. The van der Waals surface area contributed by atoms with E-state index in [1.807, 2.05) is 13.0 Å². The minimum Gasteiger partial charge on any atom is -0.393 e. The molecule has 0 saturated carbocycles. The van der Waals surface area contributed by atoms with Crippen molar-refractivity contribution in [3.8, 4) is 0 Å². The summed E-state index contributed by atoms with van der Waals surface area (Å²) >= 11 is 0. The van der Waals surface area contributed by atoms with E-state index in [-0.39, 0.29) is 6.10 Å². The lowest BCUT2D eigenvalue weighted by Crippen LogP contribution is -2.11. The Bertz CT molecular complexity index is 66.8. The Labute approximate surface area is 51.0 Å². The second kappa shape index (κ2) is 3.67. The summed E-state index contributed by atoms with van der Waals surface area (Å²) < 4.78 is 0. The maximum absolute atomic E-state index is 8.90. The van der Waals surface area contributed by atoms with Crippen LogP contribution in [0.2, 0.25) is 0 Å². The molecule has 0 fully saturated rings. The van der Waals surface area contributed by atoms with Crippen molar-refractivity contribution in [2.45, 2.75) is 26.4 Å². The maximum Gasteiger partial charge on any atom is 0.0540 e. The Morgan fingerprint density at radius 2 is 2.12 bits per heavy atom. The van der Waals surface area contributed by atoms with Gasteiger partial charge < -0.3 is 5.11 Å². The number of rotatable bonds is 3. The van der Waals surface area contributed by atoms with Gasteiger partial charge in [0.25, 0.3) is 0 Å². The number of aliphatic hydroxyl groups excluding tert-OH is 1. The zero-order valence-corrected chi connectivity index (χ0v) is 5.59. The second-order valence-electron chi connectivity index (χ2n) is 2.24. The SMILES string of the molecule is C=CC[C@H](C)[C@H](C)O. The van der Waals surface area contributed by atoms with Crippen molar-refractivity contribution in [1.29, 1.82) is 0 Å². The van der Waals surface area contributed by atoms with Crippen LogP contribution in [-0.2, 0) is 0 Å². The third-order valence-corrected chi connectivity index (χ3v) is 1.36. The predicted molar refractivity (Wildman–Crippen MR) is 35.7 cm³/mol. The predicted octanol–water partition coefficient (Wildman–Crippen LogP) is 1.58. The van der Waals surface area contributed by atoms with Crippen molar-refractivity contribution < 1.29 is 5.11 Å². The Balaban J connectivity index is 3.30. The topological polar surface area (TPSA) is 20.2 Å². The van der Waals surface area contributed by atoms with Crippen LogP contribution in [0.5, 0.6) is 0 Å². The molecule has 8 heavy (non-hydrogen) atoms. The summed E-state index contributed by atoms with van der Waals surface area (Å²) in [5, 5.41) is 8.90. The molecule has 1 heteroatoms. The lowest BCUT2D eigenvalue weighted by atomic mass is 10.0. The van der Waals surface area contributed by atoms with Gasteiger partial charge in [-0.1, -0.05) is 13.0 Å². The van der Waals surface area contributed by atoms with Gasteiger partial charge in [0.2, 0.25) is 0 Å². The van der Waals surface area contributed by atoms with Gasteiger partial charge in [-0.2, -0.15) is 0 Å². The van der Waals surface area contributed by atoms with Crippen molar-refractivity contribution in [3.05, 3.63) is 12.7 Å². The molecule has 0 aromatic rings. The molecule has 0 aromatic carbocycles. The maximum atomic E-state index is 8.90. The molecule has 0 amide bonds. The highest BCUT2D eigenvalue weighted by molar-refractivity contribution is 4.72. The van der Waals surface area contributed by atoms with Crippen LogP contribution in [0.15, 0.2) is 12.7 Å². The highest BCUT2D eigenvalue weighted by Crippen LogP contribution is 2.06. The van der Waals surface area contributed by atoms with Gasteiger partial charge in [-0.25, -0.2) is 0 Å². The third kappa shape index (κ3) is 2.80. The van der Waals surface area contributed by atoms with E-state index < -0.39 is 0 Å². The molecule has 0 aliphatic heterocycles. The van der Waals surface area contributed by atoms with Crippen LogP contribution in [0, 0.1) is 5.92 Å². The van der Waals surface area contributed by atoms with Gasteiger partial charge in [0.05, 0.1) is 6.10 Å². The molecule has 0 aromatic heterocycles. The van der Waals surface area contributed by atoms with Crippen LogP contribution in [0.3, 0.4) is 0 Å². The molecule has 0 aliphatic rings. The van der Waals surface area contributed by atoms with Crippen LogP contribution < -0.4 is 0 Å². The van der Waals surface area contributed by atoms with Crippen LogP contribution >= 0.6 is 0 Å². The first-order valence-corrected chi connectivity index (χ1v) is 2.97. The third-order valence-electron chi connectivity index (χ3n) is 1.36. The van der Waals surface area contributed by atoms with Crippen molar-refractivity contribution in [3.63, 3.8) is 0 Å². The standard InChI is InChI=1S/C7H14O/c1-4-5-6(2)7(3)8/h4,6-8H,1,5H2,2-3H3/t6-,7-/m0/s1. The fourth-order valence-corrected chi connectivity index (χ4v) is 0.460. The van der Waals surface area contributed by atoms with Gasteiger partial charge in [0, 0.05) is 0 Å². The van der Waals surface area contributed by atoms with E-state index in [2.05, 4.69) is 6.58 Å². The normalized spacial score (nSPS) is 17.4. The highest BCUT2D eigenvalue weighted by Gasteiger charge is 2.04. The Kier molecular flexibility index (Phi) is 3.53. The summed E-state index contributed by atoms with van der Waals surface area (Å²) in [4.78, 5) is 0. The van der Waals surface area contributed by atoms with E-state index in [0.717, 1.165) is 6.42 Å². The minimum atomic E-state index is -0.201. The first-order chi connectivity index (χ1) is 3.68. The number of aliphatic hydroxyl groups is 1. The minimum absolute atomic E-state index is 0.201. The second-order valence-corrected chi connectivity index (χ2v) is 2.24. The lowest BCUT2D eigenvalue weighted by molar-refractivity contribution is 0.136. The fourth-order valence-electron chi connectivity index (χ4n) is 0.460. The Morgan fingerprint density at radius 1 is 1.62 bits per heavy atom. The highest BCUT2D eigenvalue weighted by atomic mass is 16.3. The zero-order valence-electron chi connectivity index (χ0n) is 5.59. The molecule has 1 nitrogen and oxygen atoms in total. The van der Waals surface area contributed by atoms with Gasteiger partial charge in [0.1, 0.15) is 0 Å². The molecule has 0 saturated heterocycles. The summed E-state index contributed by atoms with van der Waals surface area (Å²) in [6, 6.07) is 0. The van der Waals surface area contributed by atoms with E-state index in [9.17, 15) is 0 Å². The summed E-state index contributed by atoms with van der Waals surface area (Å²) in [5.74, 6) is 0.354. The Hall–Kier alpha value is -0.300. The van der Waals surface area contributed by atoms with Gasteiger partial charge >= 0.3 is 0 Å². The summed E-state index contributed by atoms with van der Waals surface area (Å²) in [6.07, 6.45) is 2.53. The van der Waals surface area contributed by atoms with E-state index in [0.29, 0.717) is 5.92 Å². The average molecular weight is 114 g/mol. The largest absolute Gasteiger partial charge is 0.393 e. The molecule has 0 heterocycles. The molecule has 1 N–H and O–H groups in total. The van der Waals surface area contributed by atoms with E-state index in [1.165, 1.54) is 0 Å². The number of hydrogen-bond donors (Lipinski definition) is 1. The molecule has 2 atom stereocenters. The first-order valence-electron chi connectivity index (χ1n) is 2.97. The van der Waals surface area contributed by atoms with Gasteiger partial charge in [0.15, 0.2) is 0 Å². The average Bonchev–Trinajstić information content (AvgIpc) is 1.67. The molecular formula is C7H14O. The molecule has 48 valence electrons. The van der Waals surface area contributed by atoms with Crippen LogP contribution in [0.4, 0.5) is 0 Å². The zero-order chi connectivity index (χ0) is 6.57. The van der Waals surface area contributed by atoms with Crippen LogP contribution in [-0.4, -0.2) is 11.2 Å². The van der Waals surface area contributed by atoms with E-state index in [1.54, 1.807) is 6.92 Å². The van der Waals surface area contributed by atoms with Crippen LogP contribution in [0.25, 0.3) is 0 Å². The van der Waals surface area contributed by atoms with E-state index in [4.69, 9.17) is 5.11 Å². The fraction of sp³-hybridized carbons (Fsp3) is 0.714. The summed E-state index contributed by atoms with van der Waals surface area (Å²) in [6.45, 7) is 7.38. The van der Waals surface area contributed by atoms with Crippen molar-refractivity contribution in [1.82, 2.24) is 0 Å². The van der Waals surface area contributed by atoms with Crippen molar-refractivity contribution >= 4 is 0 Å². The smallest absolute Gasteiger partial charge is 0.0540 e.